The average Bonchev–Trinajstić information content (AvgIpc) is 2.64. The first kappa shape index (κ1) is 17.3. The topological polar surface area (TPSA) is 47.6 Å². The molecule has 4 nitrogen and oxygen atoms in total. The Morgan fingerprint density at radius 2 is 1.71 bits per heavy atom. The zero-order chi connectivity index (χ0) is 19.5. The number of allylic oxidation sites excluding steroid dienone is 2. The number of fused-ring (bicyclic) bond motifs is 3. The summed E-state index contributed by atoms with van der Waals surface area (Å²) in [4.78, 5) is 13.2. The largest absolute Gasteiger partial charge is 0.486 e. The van der Waals surface area contributed by atoms with Gasteiger partial charge in [-0.1, -0.05) is 32.1 Å². The Bertz CT molecular complexity index is 994. The SMILES string of the molecule is CC1(C)C=C2Nc3cc4c(cc3[C@@H](c3ccc(F)cc3)[C@@H]2C(=O)C1)OCCO4. The van der Waals surface area contributed by atoms with Crippen molar-refractivity contribution in [3.63, 3.8) is 0 Å². The van der Waals surface area contributed by atoms with E-state index in [-0.39, 0.29) is 28.9 Å². The van der Waals surface area contributed by atoms with Gasteiger partial charge in [0.25, 0.3) is 0 Å². The summed E-state index contributed by atoms with van der Waals surface area (Å²) in [5.74, 6) is 0.804. The monoisotopic (exact) mass is 379 g/mol. The Kier molecular flexibility index (Phi) is 3.76. The van der Waals surface area contributed by atoms with E-state index in [1.807, 2.05) is 12.1 Å². The van der Waals surface area contributed by atoms with Gasteiger partial charge in [-0.3, -0.25) is 4.79 Å². The van der Waals surface area contributed by atoms with Crippen molar-refractivity contribution in [1.29, 1.82) is 0 Å². The summed E-state index contributed by atoms with van der Waals surface area (Å²) < 4.78 is 25.1. The number of hydrogen-bond acceptors (Lipinski definition) is 4. The number of nitrogens with one attached hydrogen (secondary N) is 1. The van der Waals surface area contributed by atoms with Crippen LogP contribution in [0.25, 0.3) is 0 Å². The number of ketones is 1. The molecule has 1 N–H and O–H groups in total. The van der Waals surface area contributed by atoms with Crippen LogP contribution in [0.5, 0.6) is 11.5 Å². The molecule has 2 aromatic rings. The first-order valence-electron chi connectivity index (χ1n) is 9.63. The molecule has 28 heavy (non-hydrogen) atoms. The third-order valence-electron chi connectivity index (χ3n) is 5.75. The summed E-state index contributed by atoms with van der Waals surface area (Å²) in [6, 6.07) is 10.4. The van der Waals surface area contributed by atoms with E-state index in [1.54, 1.807) is 12.1 Å². The number of carbonyl (C=O) groups is 1. The summed E-state index contributed by atoms with van der Waals surface area (Å²) in [5, 5.41) is 3.48. The number of anilines is 1. The van der Waals surface area contributed by atoms with Crippen molar-refractivity contribution in [1.82, 2.24) is 0 Å². The number of halogens is 1. The smallest absolute Gasteiger partial charge is 0.163 e. The lowest BCUT2D eigenvalue weighted by Crippen LogP contribution is -2.39. The van der Waals surface area contributed by atoms with Crippen LogP contribution in [-0.4, -0.2) is 19.0 Å². The molecule has 5 rings (SSSR count). The van der Waals surface area contributed by atoms with Crippen molar-refractivity contribution in [2.24, 2.45) is 11.3 Å². The van der Waals surface area contributed by atoms with Crippen LogP contribution in [0.4, 0.5) is 10.1 Å². The fourth-order valence-corrected chi connectivity index (χ4v) is 4.62. The first-order valence-corrected chi connectivity index (χ1v) is 9.63. The highest BCUT2D eigenvalue weighted by atomic mass is 19.1. The van der Waals surface area contributed by atoms with Crippen LogP contribution in [0.15, 0.2) is 48.2 Å². The number of hydrogen-bond donors (Lipinski definition) is 1. The molecule has 5 heteroatoms. The quantitative estimate of drug-likeness (QED) is 0.783. The summed E-state index contributed by atoms with van der Waals surface area (Å²) in [7, 11) is 0. The van der Waals surface area contributed by atoms with Crippen molar-refractivity contribution >= 4 is 11.5 Å². The molecule has 3 aliphatic rings. The molecule has 0 fully saturated rings. The third kappa shape index (κ3) is 2.77. The highest BCUT2D eigenvalue weighted by Gasteiger charge is 2.44. The lowest BCUT2D eigenvalue weighted by Gasteiger charge is -2.42. The highest BCUT2D eigenvalue weighted by molar-refractivity contribution is 5.90. The number of rotatable bonds is 1. The second-order valence-corrected chi connectivity index (χ2v) is 8.45. The minimum atomic E-state index is -0.312. The normalized spacial score (nSPS) is 24.5. The van der Waals surface area contributed by atoms with Gasteiger partial charge in [-0.05, 0) is 34.7 Å². The van der Waals surface area contributed by atoms with Gasteiger partial charge in [-0.15, -0.1) is 0 Å². The average molecular weight is 379 g/mol. The Morgan fingerprint density at radius 1 is 1.04 bits per heavy atom. The van der Waals surface area contributed by atoms with Crippen molar-refractivity contribution < 1.29 is 18.7 Å². The summed E-state index contributed by atoms with van der Waals surface area (Å²) >= 11 is 0. The first-order chi connectivity index (χ1) is 13.4. The molecule has 144 valence electrons. The Labute approximate surface area is 163 Å². The Hall–Kier alpha value is -2.82. The second kappa shape index (κ2) is 6.09. The van der Waals surface area contributed by atoms with Crippen LogP contribution >= 0.6 is 0 Å². The van der Waals surface area contributed by atoms with E-state index in [1.165, 1.54) is 12.1 Å². The van der Waals surface area contributed by atoms with Crippen LogP contribution in [0.1, 0.15) is 37.3 Å². The van der Waals surface area contributed by atoms with E-state index in [0.29, 0.717) is 31.1 Å². The molecule has 0 bridgehead atoms. The van der Waals surface area contributed by atoms with Gasteiger partial charge in [0.2, 0.25) is 0 Å². The maximum Gasteiger partial charge on any atom is 0.163 e. The zero-order valence-electron chi connectivity index (χ0n) is 15.9. The van der Waals surface area contributed by atoms with Gasteiger partial charge in [0.1, 0.15) is 24.8 Å². The molecule has 0 amide bonds. The molecule has 0 saturated heterocycles. The van der Waals surface area contributed by atoms with Gasteiger partial charge in [0, 0.05) is 29.8 Å². The molecule has 1 aliphatic carbocycles. The maximum atomic E-state index is 13.6. The van der Waals surface area contributed by atoms with E-state index in [2.05, 4.69) is 25.2 Å². The molecule has 2 aromatic carbocycles. The van der Waals surface area contributed by atoms with E-state index in [4.69, 9.17) is 9.47 Å². The van der Waals surface area contributed by atoms with Crippen LogP contribution in [-0.2, 0) is 4.79 Å². The van der Waals surface area contributed by atoms with Crippen molar-refractivity contribution in [2.75, 3.05) is 18.5 Å². The Balaban J connectivity index is 1.72. The third-order valence-corrected chi connectivity index (χ3v) is 5.75. The van der Waals surface area contributed by atoms with Crippen LogP contribution < -0.4 is 14.8 Å². The van der Waals surface area contributed by atoms with Crippen LogP contribution in [0.3, 0.4) is 0 Å². The molecular formula is C23H22FNO3. The number of ether oxygens (including phenoxy) is 2. The van der Waals surface area contributed by atoms with Gasteiger partial charge in [0.15, 0.2) is 11.5 Å². The Morgan fingerprint density at radius 3 is 2.43 bits per heavy atom. The van der Waals surface area contributed by atoms with E-state index >= 15 is 0 Å². The predicted octanol–water partition coefficient (Wildman–Crippen LogP) is 4.65. The standard InChI is InChI=1S/C23H22FNO3/c1-23(2)11-17-22(18(26)12-23)21(13-3-5-14(24)6-4-13)15-9-19-20(10-16(15)25-17)28-8-7-27-19/h3-6,9-11,21-22,25H,7-8,12H2,1-2H3/t21-,22+/m1/s1. The minimum absolute atomic E-state index is 0.192. The summed E-state index contributed by atoms with van der Waals surface area (Å²) in [5.41, 5.74) is 3.52. The predicted molar refractivity (Wildman–Crippen MR) is 104 cm³/mol. The highest BCUT2D eigenvalue weighted by Crippen LogP contribution is 2.51. The summed E-state index contributed by atoms with van der Waals surface area (Å²) in [6.07, 6.45) is 2.65. The van der Waals surface area contributed by atoms with Gasteiger partial charge in [0.05, 0.1) is 5.92 Å². The zero-order valence-corrected chi connectivity index (χ0v) is 15.9. The lowest BCUT2D eigenvalue weighted by atomic mass is 9.66. The fraction of sp³-hybridized carbons (Fsp3) is 0.348. The molecular weight excluding hydrogens is 357 g/mol. The number of Topliss-reactive ketones (excluding diaryl/α,β-unsaturated/α-hetero) is 1. The van der Waals surface area contributed by atoms with Crippen LogP contribution in [0.2, 0.25) is 0 Å². The van der Waals surface area contributed by atoms with Gasteiger partial charge >= 0.3 is 0 Å². The van der Waals surface area contributed by atoms with E-state index in [0.717, 1.165) is 22.5 Å². The fourth-order valence-electron chi connectivity index (χ4n) is 4.62. The maximum absolute atomic E-state index is 13.6. The molecule has 0 aromatic heterocycles. The van der Waals surface area contributed by atoms with Gasteiger partial charge < -0.3 is 14.8 Å². The van der Waals surface area contributed by atoms with E-state index in [9.17, 15) is 9.18 Å². The lowest BCUT2D eigenvalue weighted by molar-refractivity contribution is -0.124. The molecule has 2 aliphatic heterocycles. The molecule has 0 radical (unpaired) electrons. The molecule has 2 heterocycles. The molecule has 2 atom stereocenters. The minimum Gasteiger partial charge on any atom is -0.486 e. The number of carbonyl (C=O) groups excluding carboxylic acids is 1. The number of benzene rings is 2. The van der Waals surface area contributed by atoms with E-state index < -0.39 is 0 Å². The molecule has 0 unspecified atom stereocenters. The van der Waals surface area contributed by atoms with Crippen molar-refractivity contribution in [2.45, 2.75) is 26.2 Å². The second-order valence-electron chi connectivity index (χ2n) is 8.45. The van der Waals surface area contributed by atoms with Crippen molar-refractivity contribution in [3.8, 4) is 11.5 Å². The van der Waals surface area contributed by atoms with Gasteiger partial charge in [-0.25, -0.2) is 4.39 Å². The molecule has 0 saturated carbocycles. The van der Waals surface area contributed by atoms with Crippen LogP contribution in [0, 0.1) is 17.2 Å². The van der Waals surface area contributed by atoms with Crippen molar-refractivity contribution in [3.05, 3.63) is 65.1 Å². The summed E-state index contributed by atoms with van der Waals surface area (Å²) in [6.45, 7) is 5.16. The van der Waals surface area contributed by atoms with Gasteiger partial charge in [-0.2, -0.15) is 0 Å². The molecule has 0 spiro atoms.